The van der Waals surface area contributed by atoms with Gasteiger partial charge in [0.05, 0.1) is 10.5 Å². The van der Waals surface area contributed by atoms with Gasteiger partial charge in [0.15, 0.2) is 0 Å². The number of hydrogen-bond acceptors (Lipinski definition) is 1. The van der Waals surface area contributed by atoms with Crippen molar-refractivity contribution < 1.29 is 0 Å². The highest BCUT2D eigenvalue weighted by Crippen LogP contribution is 2.25. The molecule has 0 amide bonds. The summed E-state index contributed by atoms with van der Waals surface area (Å²) >= 11 is 6.14. The van der Waals surface area contributed by atoms with Gasteiger partial charge in [0.1, 0.15) is 0 Å². The van der Waals surface area contributed by atoms with Gasteiger partial charge in [-0.15, -0.1) is 0 Å². The van der Waals surface area contributed by atoms with Crippen LogP contribution < -0.4 is 0 Å². The number of nitrogens with zero attached hydrogens (tertiary/aromatic N) is 2. The highest BCUT2D eigenvalue weighted by molar-refractivity contribution is 6.36. The van der Waals surface area contributed by atoms with Crippen LogP contribution in [0.2, 0.25) is 5.02 Å². The van der Waals surface area contributed by atoms with Crippen LogP contribution in [-0.4, -0.2) is 9.78 Å². The molecule has 0 fully saturated rings. The van der Waals surface area contributed by atoms with Crippen LogP contribution >= 0.6 is 11.6 Å². The molecule has 0 aliphatic carbocycles. The van der Waals surface area contributed by atoms with E-state index in [1.54, 1.807) is 0 Å². The Morgan fingerprint density at radius 2 is 2.23 bits per heavy atom. The Hall–Kier alpha value is -1.02. The number of hydrogen-bond donors (Lipinski definition) is 0. The van der Waals surface area contributed by atoms with E-state index in [0.29, 0.717) is 0 Å². The molecular formula is C10H11ClN2. The lowest BCUT2D eigenvalue weighted by molar-refractivity contribution is 0.668. The zero-order chi connectivity index (χ0) is 9.42. The summed E-state index contributed by atoms with van der Waals surface area (Å²) < 4.78 is 1.90. The van der Waals surface area contributed by atoms with Crippen molar-refractivity contribution >= 4 is 22.5 Å². The minimum atomic E-state index is 0.817. The van der Waals surface area contributed by atoms with Gasteiger partial charge in [-0.1, -0.05) is 17.7 Å². The molecule has 2 nitrogen and oxygen atoms in total. The van der Waals surface area contributed by atoms with Gasteiger partial charge in [0.25, 0.3) is 0 Å². The maximum atomic E-state index is 6.14. The van der Waals surface area contributed by atoms with Gasteiger partial charge in [-0.05, 0) is 25.5 Å². The molecule has 0 saturated heterocycles. The number of benzene rings is 1. The predicted octanol–water partition coefficient (Wildman–Crippen LogP) is 3.02. The maximum absolute atomic E-state index is 6.14. The fourth-order valence-electron chi connectivity index (χ4n) is 1.38. The van der Waals surface area contributed by atoms with Crippen molar-refractivity contribution in [2.45, 2.75) is 20.4 Å². The number of aryl methyl sites for hydroxylation is 2. The molecule has 0 spiro atoms. The highest BCUT2D eigenvalue weighted by atomic mass is 35.5. The fourth-order valence-corrected chi connectivity index (χ4v) is 1.59. The van der Waals surface area contributed by atoms with E-state index >= 15 is 0 Å². The van der Waals surface area contributed by atoms with Crippen molar-refractivity contribution in [1.82, 2.24) is 9.78 Å². The molecule has 0 radical (unpaired) electrons. The molecule has 0 bridgehead atoms. The van der Waals surface area contributed by atoms with E-state index in [1.165, 1.54) is 0 Å². The van der Waals surface area contributed by atoms with Crippen LogP contribution in [0.4, 0.5) is 0 Å². The Morgan fingerprint density at radius 1 is 1.46 bits per heavy atom. The first-order chi connectivity index (χ1) is 6.22. The van der Waals surface area contributed by atoms with Crippen molar-refractivity contribution in [2.24, 2.45) is 0 Å². The summed E-state index contributed by atoms with van der Waals surface area (Å²) in [7, 11) is 0. The highest BCUT2D eigenvalue weighted by Gasteiger charge is 2.05. The number of fused-ring (bicyclic) bond motifs is 1. The summed E-state index contributed by atoms with van der Waals surface area (Å²) in [6, 6.07) is 4.00. The van der Waals surface area contributed by atoms with Crippen LogP contribution in [0.1, 0.15) is 12.5 Å². The second-order valence-electron chi connectivity index (χ2n) is 3.11. The average molecular weight is 195 g/mol. The van der Waals surface area contributed by atoms with E-state index in [-0.39, 0.29) is 0 Å². The lowest BCUT2D eigenvalue weighted by Crippen LogP contribution is -1.92. The van der Waals surface area contributed by atoms with Crippen LogP contribution in [0.5, 0.6) is 0 Å². The standard InChI is InChI=1S/C10H11ClN2/c1-3-13-6-8-9(12-13)5-4-7(2)10(8)11/h4-6H,3H2,1-2H3. The lowest BCUT2D eigenvalue weighted by Gasteiger charge is -1.95. The molecule has 3 heteroatoms. The molecule has 0 aliphatic heterocycles. The molecule has 2 rings (SSSR count). The number of halogens is 1. The van der Waals surface area contributed by atoms with Gasteiger partial charge in [-0.3, -0.25) is 4.68 Å². The van der Waals surface area contributed by atoms with Crippen LogP contribution in [0.25, 0.3) is 10.9 Å². The molecule has 0 saturated carbocycles. The summed E-state index contributed by atoms with van der Waals surface area (Å²) in [6.07, 6.45) is 1.99. The summed E-state index contributed by atoms with van der Waals surface area (Å²) in [5, 5.41) is 6.23. The minimum Gasteiger partial charge on any atom is -0.272 e. The largest absolute Gasteiger partial charge is 0.272 e. The van der Waals surface area contributed by atoms with Crippen molar-refractivity contribution in [2.75, 3.05) is 0 Å². The Labute approximate surface area is 82.1 Å². The first-order valence-corrected chi connectivity index (χ1v) is 4.72. The van der Waals surface area contributed by atoms with E-state index in [1.807, 2.05) is 29.9 Å². The van der Waals surface area contributed by atoms with Gasteiger partial charge in [-0.25, -0.2) is 0 Å². The third-order valence-corrected chi connectivity index (χ3v) is 2.69. The third-order valence-electron chi connectivity index (χ3n) is 2.19. The predicted molar refractivity (Wildman–Crippen MR) is 55.2 cm³/mol. The summed E-state index contributed by atoms with van der Waals surface area (Å²) in [6.45, 7) is 4.95. The first-order valence-electron chi connectivity index (χ1n) is 4.34. The monoisotopic (exact) mass is 194 g/mol. The summed E-state index contributed by atoms with van der Waals surface area (Å²) in [5.74, 6) is 0. The topological polar surface area (TPSA) is 17.8 Å². The smallest absolute Gasteiger partial charge is 0.0938 e. The molecule has 0 aliphatic rings. The summed E-state index contributed by atoms with van der Waals surface area (Å²) in [4.78, 5) is 0. The second kappa shape index (κ2) is 3.04. The van der Waals surface area contributed by atoms with Gasteiger partial charge in [0, 0.05) is 18.1 Å². The zero-order valence-electron chi connectivity index (χ0n) is 7.71. The Bertz CT molecular complexity index is 445. The molecule has 1 aromatic heterocycles. The van der Waals surface area contributed by atoms with Gasteiger partial charge in [0.2, 0.25) is 0 Å². The van der Waals surface area contributed by atoms with Crippen molar-refractivity contribution in [3.8, 4) is 0 Å². The van der Waals surface area contributed by atoms with Crippen LogP contribution in [0.15, 0.2) is 18.3 Å². The van der Waals surface area contributed by atoms with Crippen LogP contribution in [0, 0.1) is 6.92 Å². The number of aromatic nitrogens is 2. The fraction of sp³-hybridized carbons (Fsp3) is 0.300. The molecule has 0 N–H and O–H groups in total. The molecule has 1 heterocycles. The molecule has 0 unspecified atom stereocenters. The van der Waals surface area contributed by atoms with E-state index < -0.39 is 0 Å². The van der Waals surface area contributed by atoms with Crippen LogP contribution in [0.3, 0.4) is 0 Å². The second-order valence-corrected chi connectivity index (χ2v) is 3.49. The quantitative estimate of drug-likeness (QED) is 0.683. The van der Waals surface area contributed by atoms with Crippen molar-refractivity contribution in [3.05, 3.63) is 28.9 Å². The molecular weight excluding hydrogens is 184 g/mol. The first kappa shape index (κ1) is 8.57. The van der Waals surface area contributed by atoms with Crippen LogP contribution in [-0.2, 0) is 6.54 Å². The van der Waals surface area contributed by atoms with Crippen molar-refractivity contribution in [3.63, 3.8) is 0 Å². The number of rotatable bonds is 1. The molecule has 68 valence electrons. The minimum absolute atomic E-state index is 0.817. The van der Waals surface area contributed by atoms with Gasteiger partial charge < -0.3 is 0 Å². The van der Waals surface area contributed by atoms with Crippen molar-refractivity contribution in [1.29, 1.82) is 0 Å². The average Bonchev–Trinajstić information content (AvgIpc) is 2.55. The van der Waals surface area contributed by atoms with E-state index in [0.717, 1.165) is 28.0 Å². The Balaban J connectivity index is 2.76. The third kappa shape index (κ3) is 1.31. The molecule has 0 atom stereocenters. The Kier molecular flexibility index (Phi) is 2.00. The van der Waals surface area contributed by atoms with E-state index in [2.05, 4.69) is 12.0 Å². The molecule has 2 aromatic rings. The molecule has 1 aromatic carbocycles. The van der Waals surface area contributed by atoms with Gasteiger partial charge in [-0.2, -0.15) is 5.10 Å². The summed E-state index contributed by atoms with van der Waals surface area (Å²) in [5.41, 5.74) is 2.07. The van der Waals surface area contributed by atoms with E-state index in [4.69, 9.17) is 11.6 Å². The lowest BCUT2D eigenvalue weighted by atomic mass is 10.2. The Morgan fingerprint density at radius 3 is 2.92 bits per heavy atom. The van der Waals surface area contributed by atoms with E-state index in [9.17, 15) is 0 Å². The van der Waals surface area contributed by atoms with Gasteiger partial charge >= 0.3 is 0 Å². The normalized spacial score (nSPS) is 11.0. The SMILES string of the molecule is CCn1cc2c(Cl)c(C)ccc2n1. The maximum Gasteiger partial charge on any atom is 0.0938 e. The zero-order valence-corrected chi connectivity index (χ0v) is 8.47. The molecule has 13 heavy (non-hydrogen) atoms.